The third kappa shape index (κ3) is 2.98. The van der Waals surface area contributed by atoms with Crippen LogP contribution in [0.5, 0.6) is 0 Å². The second-order valence-electron chi connectivity index (χ2n) is 6.08. The standard InChI is InChI=1S/C16H19N5OS/c22-15(19-11-4-1-8-21-9-2-5-13(11)21)12-10-23-16(20-12)14-17-6-3-7-18-14/h3,6-7,10-11,13H,1-2,4-5,8-9H2,(H,19,22)/t11-,13-/m0/s1. The summed E-state index contributed by atoms with van der Waals surface area (Å²) in [5.74, 6) is 0.485. The molecule has 2 saturated heterocycles. The fourth-order valence-corrected chi connectivity index (χ4v) is 4.34. The zero-order valence-electron chi connectivity index (χ0n) is 12.8. The molecule has 2 aromatic rings. The quantitative estimate of drug-likeness (QED) is 0.932. The zero-order chi connectivity index (χ0) is 15.6. The summed E-state index contributed by atoms with van der Waals surface area (Å²) >= 11 is 1.41. The lowest BCUT2D eigenvalue weighted by Crippen LogP contribution is -2.52. The minimum Gasteiger partial charge on any atom is -0.346 e. The van der Waals surface area contributed by atoms with Gasteiger partial charge in [0.15, 0.2) is 10.8 Å². The number of nitrogens with one attached hydrogen (secondary N) is 1. The number of nitrogens with zero attached hydrogens (tertiary/aromatic N) is 4. The second-order valence-corrected chi connectivity index (χ2v) is 6.94. The molecular weight excluding hydrogens is 310 g/mol. The molecule has 2 aromatic heterocycles. The SMILES string of the molecule is O=C(N[C@H]1CCCN2CCC[C@@H]12)c1csc(-c2ncccn2)n1. The van der Waals surface area contributed by atoms with Crippen molar-refractivity contribution in [2.75, 3.05) is 13.1 Å². The van der Waals surface area contributed by atoms with Crippen molar-refractivity contribution < 1.29 is 4.79 Å². The van der Waals surface area contributed by atoms with Crippen LogP contribution in [0, 0.1) is 0 Å². The maximum atomic E-state index is 12.5. The number of rotatable bonds is 3. The van der Waals surface area contributed by atoms with E-state index in [0.717, 1.165) is 12.8 Å². The molecule has 0 spiro atoms. The maximum Gasteiger partial charge on any atom is 0.271 e. The summed E-state index contributed by atoms with van der Waals surface area (Å²) in [5.41, 5.74) is 0.465. The van der Waals surface area contributed by atoms with Gasteiger partial charge in [-0.3, -0.25) is 9.69 Å². The summed E-state index contributed by atoms with van der Waals surface area (Å²) in [6.45, 7) is 2.34. The molecule has 1 amide bonds. The first kappa shape index (κ1) is 14.7. The highest BCUT2D eigenvalue weighted by atomic mass is 32.1. The number of piperidine rings is 1. The Balaban J connectivity index is 1.46. The molecule has 1 N–H and O–H groups in total. The number of hydrogen-bond acceptors (Lipinski definition) is 6. The van der Waals surface area contributed by atoms with E-state index >= 15 is 0 Å². The molecule has 7 heteroatoms. The Labute approximate surface area is 139 Å². The summed E-state index contributed by atoms with van der Waals surface area (Å²) in [6, 6.07) is 2.52. The monoisotopic (exact) mass is 329 g/mol. The highest BCUT2D eigenvalue weighted by molar-refractivity contribution is 7.13. The molecule has 2 aliphatic heterocycles. The second kappa shape index (κ2) is 6.33. The molecule has 0 aliphatic carbocycles. The van der Waals surface area contributed by atoms with E-state index < -0.39 is 0 Å². The summed E-state index contributed by atoms with van der Waals surface area (Å²) in [5, 5.41) is 5.66. The number of carbonyl (C=O) groups excluding carboxylic acids is 1. The van der Waals surface area contributed by atoms with Crippen LogP contribution in [-0.4, -0.2) is 50.9 Å². The first-order valence-corrected chi connectivity index (χ1v) is 8.97. The molecule has 0 saturated carbocycles. The lowest BCUT2D eigenvalue weighted by Gasteiger charge is -2.36. The first-order chi connectivity index (χ1) is 11.3. The molecule has 4 heterocycles. The Morgan fingerprint density at radius 1 is 1.22 bits per heavy atom. The number of amides is 1. The maximum absolute atomic E-state index is 12.5. The van der Waals surface area contributed by atoms with Crippen LogP contribution in [0.3, 0.4) is 0 Å². The average molecular weight is 329 g/mol. The highest BCUT2D eigenvalue weighted by Gasteiger charge is 2.35. The number of hydrogen-bond donors (Lipinski definition) is 1. The summed E-state index contributed by atoms with van der Waals surface area (Å²) in [6.07, 6.45) is 8.00. The number of thiazole rings is 1. The van der Waals surface area contributed by atoms with Crippen molar-refractivity contribution in [3.8, 4) is 10.8 Å². The van der Waals surface area contributed by atoms with Gasteiger partial charge in [-0.1, -0.05) is 0 Å². The Hall–Kier alpha value is -1.86. The largest absolute Gasteiger partial charge is 0.346 e. The molecule has 0 bridgehead atoms. The van der Waals surface area contributed by atoms with E-state index in [4.69, 9.17) is 0 Å². The van der Waals surface area contributed by atoms with Gasteiger partial charge >= 0.3 is 0 Å². The van der Waals surface area contributed by atoms with Crippen molar-refractivity contribution in [1.82, 2.24) is 25.2 Å². The van der Waals surface area contributed by atoms with Crippen molar-refractivity contribution in [2.45, 2.75) is 37.8 Å². The molecule has 0 unspecified atom stereocenters. The van der Waals surface area contributed by atoms with Crippen LogP contribution in [0.1, 0.15) is 36.2 Å². The molecule has 0 aromatic carbocycles. The van der Waals surface area contributed by atoms with E-state index in [0.29, 0.717) is 22.6 Å². The van der Waals surface area contributed by atoms with Gasteiger partial charge in [0, 0.05) is 29.9 Å². The van der Waals surface area contributed by atoms with Gasteiger partial charge in [0.1, 0.15) is 5.69 Å². The van der Waals surface area contributed by atoms with Gasteiger partial charge in [0.25, 0.3) is 5.91 Å². The predicted octanol–water partition coefficient (Wildman–Crippen LogP) is 1.96. The normalized spacial score (nSPS) is 24.3. The van der Waals surface area contributed by atoms with E-state index in [-0.39, 0.29) is 11.9 Å². The first-order valence-electron chi connectivity index (χ1n) is 8.09. The van der Waals surface area contributed by atoms with E-state index in [1.165, 1.54) is 37.3 Å². The zero-order valence-corrected chi connectivity index (χ0v) is 13.6. The van der Waals surface area contributed by atoms with Gasteiger partial charge in [0.05, 0.1) is 0 Å². The third-order valence-electron chi connectivity index (χ3n) is 4.65. The van der Waals surface area contributed by atoms with Crippen LogP contribution in [0.15, 0.2) is 23.8 Å². The lowest BCUT2D eigenvalue weighted by atomic mass is 9.96. The van der Waals surface area contributed by atoms with Gasteiger partial charge in [-0.25, -0.2) is 15.0 Å². The van der Waals surface area contributed by atoms with Crippen LogP contribution in [0.25, 0.3) is 10.8 Å². The van der Waals surface area contributed by atoms with Crippen LogP contribution in [-0.2, 0) is 0 Å². The van der Waals surface area contributed by atoms with Crippen LogP contribution >= 0.6 is 11.3 Å². The molecule has 2 aliphatic rings. The van der Waals surface area contributed by atoms with E-state index in [1.807, 2.05) is 0 Å². The van der Waals surface area contributed by atoms with Crippen molar-refractivity contribution >= 4 is 17.2 Å². The van der Waals surface area contributed by atoms with E-state index in [2.05, 4.69) is 25.2 Å². The minimum absolute atomic E-state index is 0.0813. The lowest BCUT2D eigenvalue weighted by molar-refractivity contribution is 0.0864. The average Bonchev–Trinajstić information content (AvgIpc) is 3.25. The Kier molecular flexibility index (Phi) is 4.05. The van der Waals surface area contributed by atoms with Crippen molar-refractivity contribution in [1.29, 1.82) is 0 Å². The Bertz CT molecular complexity index is 689. The van der Waals surface area contributed by atoms with Crippen molar-refractivity contribution in [3.05, 3.63) is 29.5 Å². The van der Waals surface area contributed by atoms with Gasteiger partial charge in [-0.15, -0.1) is 11.3 Å². The molecule has 4 rings (SSSR count). The summed E-state index contributed by atoms with van der Waals surface area (Å²) < 4.78 is 0. The van der Waals surface area contributed by atoms with Crippen LogP contribution in [0.4, 0.5) is 0 Å². The Morgan fingerprint density at radius 3 is 2.83 bits per heavy atom. The molecular formula is C16H19N5OS. The minimum atomic E-state index is -0.0813. The van der Waals surface area contributed by atoms with Gasteiger partial charge in [0.2, 0.25) is 0 Å². The summed E-state index contributed by atoms with van der Waals surface area (Å²) in [4.78, 5) is 27.8. The predicted molar refractivity (Wildman–Crippen MR) is 88.2 cm³/mol. The Morgan fingerprint density at radius 2 is 2.00 bits per heavy atom. The van der Waals surface area contributed by atoms with Gasteiger partial charge in [-0.2, -0.15) is 0 Å². The van der Waals surface area contributed by atoms with Crippen molar-refractivity contribution in [2.24, 2.45) is 0 Å². The molecule has 120 valence electrons. The van der Waals surface area contributed by atoms with Crippen molar-refractivity contribution in [3.63, 3.8) is 0 Å². The van der Waals surface area contributed by atoms with Gasteiger partial charge in [-0.05, 0) is 44.8 Å². The number of carbonyl (C=O) groups is 1. The topological polar surface area (TPSA) is 71.0 Å². The fraction of sp³-hybridized carbons (Fsp3) is 0.500. The summed E-state index contributed by atoms with van der Waals surface area (Å²) in [7, 11) is 0. The molecule has 2 atom stereocenters. The number of fused-ring (bicyclic) bond motifs is 1. The molecule has 2 fully saturated rings. The third-order valence-corrected chi connectivity index (χ3v) is 5.49. The molecule has 0 radical (unpaired) electrons. The van der Waals surface area contributed by atoms with Crippen LogP contribution < -0.4 is 5.32 Å². The highest BCUT2D eigenvalue weighted by Crippen LogP contribution is 2.27. The van der Waals surface area contributed by atoms with Crippen LogP contribution in [0.2, 0.25) is 0 Å². The van der Waals surface area contributed by atoms with E-state index in [1.54, 1.807) is 23.8 Å². The fourth-order valence-electron chi connectivity index (χ4n) is 3.59. The van der Waals surface area contributed by atoms with E-state index in [9.17, 15) is 4.79 Å². The number of aromatic nitrogens is 3. The molecule has 23 heavy (non-hydrogen) atoms. The smallest absolute Gasteiger partial charge is 0.271 e. The van der Waals surface area contributed by atoms with Gasteiger partial charge < -0.3 is 5.32 Å². The molecule has 6 nitrogen and oxygen atoms in total.